The summed E-state index contributed by atoms with van der Waals surface area (Å²) in [5, 5.41) is 0.681. The molecular weight excluding hydrogens is 234 g/mol. The number of hydrogen-bond donors (Lipinski definition) is 1. The highest BCUT2D eigenvalue weighted by Gasteiger charge is 2.06. The number of imidazole rings is 1. The minimum atomic E-state index is 0.681. The van der Waals surface area contributed by atoms with Gasteiger partial charge in [0.05, 0.1) is 16.7 Å². The van der Waals surface area contributed by atoms with Crippen LogP contribution in [0.25, 0.3) is 16.9 Å². The van der Waals surface area contributed by atoms with Crippen molar-refractivity contribution in [3.8, 4) is 11.4 Å². The zero-order valence-corrected chi connectivity index (χ0v) is 9.72. The molecule has 0 aliphatic carbocycles. The molecule has 0 radical (unpaired) electrons. The monoisotopic (exact) mass is 243 g/mol. The maximum atomic E-state index is 5.99. The van der Waals surface area contributed by atoms with Crippen LogP contribution in [0.2, 0.25) is 5.02 Å². The van der Waals surface area contributed by atoms with Crippen molar-refractivity contribution in [1.29, 1.82) is 0 Å². The molecule has 0 unspecified atom stereocenters. The summed E-state index contributed by atoms with van der Waals surface area (Å²) in [6.07, 6.45) is 3.66. The first-order valence-electron chi connectivity index (χ1n) is 5.22. The Morgan fingerprint density at radius 3 is 2.88 bits per heavy atom. The van der Waals surface area contributed by atoms with E-state index in [9.17, 15) is 0 Å². The topological polar surface area (TPSA) is 43.3 Å². The van der Waals surface area contributed by atoms with Gasteiger partial charge in [-0.15, -0.1) is 0 Å². The van der Waals surface area contributed by atoms with Gasteiger partial charge < -0.3 is 5.73 Å². The smallest absolute Gasteiger partial charge is 0.144 e. The Bertz CT molecular complexity index is 688. The van der Waals surface area contributed by atoms with Gasteiger partial charge >= 0.3 is 0 Å². The van der Waals surface area contributed by atoms with Gasteiger partial charge in [-0.1, -0.05) is 23.7 Å². The lowest BCUT2D eigenvalue weighted by Gasteiger charge is -2.02. The normalized spacial score (nSPS) is 10.9. The van der Waals surface area contributed by atoms with Crippen LogP contribution >= 0.6 is 11.6 Å². The summed E-state index contributed by atoms with van der Waals surface area (Å²) in [7, 11) is 0. The fourth-order valence-corrected chi connectivity index (χ4v) is 2.02. The van der Waals surface area contributed by atoms with E-state index in [-0.39, 0.29) is 0 Å². The molecule has 2 N–H and O–H groups in total. The molecule has 0 aliphatic heterocycles. The Balaban J connectivity index is 2.27. The van der Waals surface area contributed by atoms with Crippen molar-refractivity contribution in [3.63, 3.8) is 0 Å². The summed E-state index contributed by atoms with van der Waals surface area (Å²) >= 11 is 5.99. The van der Waals surface area contributed by atoms with Crippen LogP contribution in [0.1, 0.15) is 0 Å². The molecule has 3 nitrogen and oxygen atoms in total. The number of halogens is 1. The average Bonchev–Trinajstić information content (AvgIpc) is 2.71. The van der Waals surface area contributed by atoms with Gasteiger partial charge in [0, 0.05) is 17.4 Å². The molecule has 0 saturated heterocycles. The Morgan fingerprint density at radius 1 is 1.18 bits per heavy atom. The van der Waals surface area contributed by atoms with Crippen LogP contribution in [0.15, 0.2) is 48.8 Å². The highest BCUT2D eigenvalue weighted by Crippen LogP contribution is 2.23. The van der Waals surface area contributed by atoms with Crippen molar-refractivity contribution in [2.45, 2.75) is 0 Å². The van der Waals surface area contributed by atoms with Crippen molar-refractivity contribution in [2.24, 2.45) is 0 Å². The van der Waals surface area contributed by atoms with Crippen LogP contribution in [0.3, 0.4) is 0 Å². The Hall–Kier alpha value is -2.00. The summed E-state index contributed by atoms with van der Waals surface area (Å²) in [6, 6.07) is 11.4. The molecule has 3 aromatic rings. The third-order valence-electron chi connectivity index (χ3n) is 2.64. The van der Waals surface area contributed by atoms with Crippen molar-refractivity contribution >= 4 is 22.8 Å². The van der Waals surface area contributed by atoms with E-state index in [4.69, 9.17) is 17.3 Å². The van der Waals surface area contributed by atoms with Gasteiger partial charge in [0.1, 0.15) is 5.82 Å². The van der Waals surface area contributed by atoms with Gasteiger partial charge in [0.2, 0.25) is 0 Å². The average molecular weight is 244 g/mol. The second-order valence-corrected chi connectivity index (χ2v) is 4.29. The number of pyridine rings is 1. The zero-order valence-electron chi connectivity index (χ0n) is 8.97. The maximum Gasteiger partial charge on any atom is 0.144 e. The first-order valence-corrected chi connectivity index (χ1v) is 5.60. The fourth-order valence-electron chi connectivity index (χ4n) is 1.86. The zero-order chi connectivity index (χ0) is 11.8. The largest absolute Gasteiger partial charge is 0.399 e. The van der Waals surface area contributed by atoms with Crippen LogP contribution in [0.5, 0.6) is 0 Å². The first kappa shape index (κ1) is 10.2. The summed E-state index contributed by atoms with van der Waals surface area (Å²) in [5.41, 5.74) is 8.48. The second kappa shape index (κ2) is 3.79. The van der Waals surface area contributed by atoms with Crippen LogP contribution in [-0.4, -0.2) is 9.38 Å². The highest BCUT2D eigenvalue weighted by molar-refractivity contribution is 6.30. The van der Waals surface area contributed by atoms with Crippen LogP contribution < -0.4 is 5.73 Å². The summed E-state index contributed by atoms with van der Waals surface area (Å²) in [5.74, 6) is 0.842. The number of rotatable bonds is 1. The van der Waals surface area contributed by atoms with Crippen LogP contribution in [0, 0.1) is 0 Å². The number of nitrogens with zero attached hydrogens (tertiary/aromatic N) is 2. The SMILES string of the molecule is Nc1cccc(-c2ncc3ccc(Cl)cn23)c1. The summed E-state index contributed by atoms with van der Waals surface area (Å²) in [4.78, 5) is 4.40. The van der Waals surface area contributed by atoms with Crippen molar-refractivity contribution in [1.82, 2.24) is 9.38 Å². The number of benzene rings is 1. The third kappa shape index (κ3) is 1.74. The Labute approximate surface area is 103 Å². The Morgan fingerprint density at radius 2 is 2.06 bits per heavy atom. The Kier molecular flexibility index (Phi) is 2.27. The molecule has 0 spiro atoms. The van der Waals surface area contributed by atoms with Crippen LogP contribution in [-0.2, 0) is 0 Å². The number of anilines is 1. The van der Waals surface area contributed by atoms with E-state index in [0.717, 1.165) is 22.6 Å². The molecule has 0 aliphatic rings. The van der Waals surface area contributed by atoms with Gasteiger partial charge in [0.15, 0.2) is 0 Å². The lowest BCUT2D eigenvalue weighted by atomic mass is 10.2. The van der Waals surface area contributed by atoms with Gasteiger partial charge in [-0.2, -0.15) is 0 Å². The van der Waals surface area contributed by atoms with E-state index in [0.29, 0.717) is 5.02 Å². The van der Waals surface area contributed by atoms with Gasteiger partial charge in [-0.05, 0) is 24.3 Å². The molecule has 0 amide bonds. The number of aromatic nitrogens is 2. The quantitative estimate of drug-likeness (QED) is 0.667. The molecule has 0 fully saturated rings. The van der Waals surface area contributed by atoms with Gasteiger partial charge in [-0.3, -0.25) is 4.40 Å². The van der Waals surface area contributed by atoms with E-state index in [1.807, 2.05) is 53.2 Å². The summed E-state index contributed by atoms with van der Waals surface area (Å²) in [6.45, 7) is 0. The molecule has 2 heterocycles. The molecular formula is C13H10ClN3. The molecule has 4 heteroatoms. The van der Waals surface area contributed by atoms with E-state index >= 15 is 0 Å². The molecule has 84 valence electrons. The summed E-state index contributed by atoms with van der Waals surface area (Å²) < 4.78 is 1.96. The van der Waals surface area contributed by atoms with E-state index < -0.39 is 0 Å². The third-order valence-corrected chi connectivity index (χ3v) is 2.86. The maximum absolute atomic E-state index is 5.99. The molecule has 0 atom stereocenters. The van der Waals surface area contributed by atoms with Crippen molar-refractivity contribution in [3.05, 3.63) is 53.8 Å². The number of hydrogen-bond acceptors (Lipinski definition) is 2. The molecule has 2 aromatic heterocycles. The van der Waals surface area contributed by atoms with Gasteiger partial charge in [0.25, 0.3) is 0 Å². The van der Waals surface area contributed by atoms with Crippen molar-refractivity contribution in [2.75, 3.05) is 5.73 Å². The van der Waals surface area contributed by atoms with E-state index in [1.54, 1.807) is 0 Å². The minimum absolute atomic E-state index is 0.681. The predicted octanol–water partition coefficient (Wildman–Crippen LogP) is 3.24. The fraction of sp³-hybridized carbons (Fsp3) is 0. The molecule has 1 aromatic carbocycles. The highest BCUT2D eigenvalue weighted by atomic mass is 35.5. The molecule has 3 rings (SSSR count). The molecule has 0 saturated carbocycles. The predicted molar refractivity (Wildman–Crippen MR) is 70.1 cm³/mol. The van der Waals surface area contributed by atoms with Crippen molar-refractivity contribution < 1.29 is 0 Å². The van der Waals surface area contributed by atoms with E-state index in [1.165, 1.54) is 0 Å². The number of fused-ring (bicyclic) bond motifs is 1. The molecule has 0 bridgehead atoms. The lowest BCUT2D eigenvalue weighted by Crippen LogP contribution is -1.91. The lowest BCUT2D eigenvalue weighted by molar-refractivity contribution is 1.16. The second-order valence-electron chi connectivity index (χ2n) is 3.85. The van der Waals surface area contributed by atoms with Crippen LogP contribution in [0.4, 0.5) is 5.69 Å². The number of nitrogen functional groups attached to an aromatic ring is 1. The standard InChI is InChI=1S/C13H10ClN3/c14-10-4-5-12-7-16-13(17(12)8-10)9-2-1-3-11(15)6-9/h1-8H,15H2. The minimum Gasteiger partial charge on any atom is -0.399 e. The van der Waals surface area contributed by atoms with E-state index in [2.05, 4.69) is 4.98 Å². The van der Waals surface area contributed by atoms with Gasteiger partial charge in [-0.25, -0.2) is 4.98 Å². The first-order chi connectivity index (χ1) is 8.24. The molecule has 17 heavy (non-hydrogen) atoms. The number of nitrogens with two attached hydrogens (primary N) is 1.